The van der Waals surface area contributed by atoms with Gasteiger partial charge in [-0.3, -0.25) is 4.79 Å². The van der Waals surface area contributed by atoms with E-state index in [-0.39, 0.29) is 5.91 Å². The van der Waals surface area contributed by atoms with Gasteiger partial charge in [-0.05, 0) is 43.7 Å². The summed E-state index contributed by atoms with van der Waals surface area (Å²) in [4.78, 5) is 16.4. The Hall–Kier alpha value is -2.56. The van der Waals surface area contributed by atoms with Gasteiger partial charge in [0.2, 0.25) is 5.88 Å². The molecule has 5 nitrogen and oxygen atoms in total. The molecule has 2 rings (SSSR count). The average molecular weight is 271 g/mol. The predicted octanol–water partition coefficient (Wildman–Crippen LogP) is 2.62. The van der Waals surface area contributed by atoms with Crippen LogP contribution in [0.3, 0.4) is 0 Å². The third-order valence-electron chi connectivity index (χ3n) is 2.92. The molecule has 20 heavy (non-hydrogen) atoms. The van der Waals surface area contributed by atoms with Crippen LogP contribution in [0.4, 0.5) is 11.4 Å². The molecule has 3 N–H and O–H groups in total. The highest BCUT2D eigenvalue weighted by Crippen LogP contribution is 2.23. The zero-order valence-electron chi connectivity index (χ0n) is 11.5. The number of aromatic nitrogens is 1. The molecule has 1 heterocycles. The second-order valence-electron chi connectivity index (χ2n) is 4.26. The lowest BCUT2D eigenvalue weighted by atomic mass is 10.1. The van der Waals surface area contributed by atoms with Crippen LogP contribution in [0.1, 0.15) is 22.8 Å². The van der Waals surface area contributed by atoms with Crippen molar-refractivity contribution in [3.63, 3.8) is 0 Å². The number of pyridine rings is 1. The maximum absolute atomic E-state index is 12.3. The van der Waals surface area contributed by atoms with Gasteiger partial charge in [-0.25, -0.2) is 4.98 Å². The Kier molecular flexibility index (Phi) is 4.20. The number of rotatable bonds is 4. The summed E-state index contributed by atoms with van der Waals surface area (Å²) < 4.78 is 5.38. The molecule has 0 spiro atoms. The Morgan fingerprint density at radius 1 is 1.35 bits per heavy atom. The number of carbonyl (C=O) groups excluding carboxylic acids is 1. The first-order chi connectivity index (χ1) is 9.63. The molecule has 0 aliphatic heterocycles. The summed E-state index contributed by atoms with van der Waals surface area (Å²) in [5.41, 5.74) is 8.24. The van der Waals surface area contributed by atoms with Gasteiger partial charge in [0.1, 0.15) is 5.69 Å². The molecule has 0 bridgehead atoms. The molecule has 2 aromatic rings. The SMILES string of the molecule is CCOc1ncccc1NC(=O)c1cccc(N)c1C. The number of nitrogens with zero attached hydrogens (tertiary/aromatic N) is 1. The van der Waals surface area contributed by atoms with E-state index in [9.17, 15) is 4.79 Å². The first-order valence-electron chi connectivity index (χ1n) is 6.37. The maximum atomic E-state index is 12.3. The van der Waals surface area contributed by atoms with Gasteiger partial charge in [0.25, 0.3) is 5.91 Å². The standard InChI is InChI=1S/C15H17N3O2/c1-3-20-15-13(8-5-9-17-15)18-14(19)11-6-4-7-12(16)10(11)2/h4-9H,3,16H2,1-2H3,(H,18,19). The highest BCUT2D eigenvalue weighted by Gasteiger charge is 2.13. The van der Waals surface area contributed by atoms with Gasteiger partial charge in [-0.15, -0.1) is 0 Å². The van der Waals surface area contributed by atoms with Crippen LogP contribution in [0, 0.1) is 6.92 Å². The molecule has 5 heteroatoms. The van der Waals surface area contributed by atoms with E-state index in [2.05, 4.69) is 10.3 Å². The number of hydrogen-bond acceptors (Lipinski definition) is 4. The van der Waals surface area contributed by atoms with E-state index in [4.69, 9.17) is 10.5 Å². The Bertz CT molecular complexity index is 626. The summed E-state index contributed by atoms with van der Waals surface area (Å²) >= 11 is 0. The van der Waals surface area contributed by atoms with Crippen molar-refractivity contribution in [3.8, 4) is 5.88 Å². The molecular weight excluding hydrogens is 254 g/mol. The van der Waals surface area contributed by atoms with Crippen LogP contribution in [0.2, 0.25) is 0 Å². The van der Waals surface area contributed by atoms with Crippen molar-refractivity contribution in [3.05, 3.63) is 47.7 Å². The third kappa shape index (κ3) is 2.88. The molecule has 104 valence electrons. The van der Waals surface area contributed by atoms with Gasteiger partial charge in [-0.1, -0.05) is 6.07 Å². The van der Waals surface area contributed by atoms with E-state index >= 15 is 0 Å². The van der Waals surface area contributed by atoms with Crippen LogP contribution in [-0.2, 0) is 0 Å². The topological polar surface area (TPSA) is 77.2 Å². The van der Waals surface area contributed by atoms with Crippen molar-refractivity contribution < 1.29 is 9.53 Å². The molecule has 0 atom stereocenters. The highest BCUT2D eigenvalue weighted by atomic mass is 16.5. The second-order valence-corrected chi connectivity index (χ2v) is 4.26. The molecular formula is C15H17N3O2. The van der Waals surface area contributed by atoms with Gasteiger partial charge in [-0.2, -0.15) is 0 Å². The predicted molar refractivity (Wildman–Crippen MR) is 79.0 cm³/mol. The van der Waals surface area contributed by atoms with E-state index in [0.29, 0.717) is 29.4 Å². The number of amides is 1. The number of benzene rings is 1. The molecule has 0 fully saturated rings. The van der Waals surface area contributed by atoms with Crippen molar-refractivity contribution in [2.75, 3.05) is 17.7 Å². The molecule has 0 unspecified atom stereocenters. The number of nitrogens with two attached hydrogens (primary N) is 1. The Balaban J connectivity index is 2.26. The Labute approximate surface area is 117 Å². The van der Waals surface area contributed by atoms with Gasteiger partial charge in [0.05, 0.1) is 6.61 Å². The highest BCUT2D eigenvalue weighted by molar-refractivity contribution is 6.06. The van der Waals surface area contributed by atoms with Crippen molar-refractivity contribution in [2.45, 2.75) is 13.8 Å². The van der Waals surface area contributed by atoms with E-state index in [1.54, 1.807) is 36.5 Å². The quantitative estimate of drug-likeness (QED) is 0.838. The summed E-state index contributed by atoms with van der Waals surface area (Å²) in [6.45, 7) is 4.16. The number of nitrogens with one attached hydrogen (secondary N) is 1. The molecule has 1 aromatic heterocycles. The Morgan fingerprint density at radius 3 is 2.90 bits per heavy atom. The number of ether oxygens (including phenoxy) is 1. The lowest BCUT2D eigenvalue weighted by molar-refractivity contribution is 0.102. The van der Waals surface area contributed by atoms with E-state index in [1.165, 1.54) is 0 Å². The van der Waals surface area contributed by atoms with Gasteiger partial charge in [0, 0.05) is 17.4 Å². The zero-order chi connectivity index (χ0) is 14.5. The van der Waals surface area contributed by atoms with Gasteiger partial charge >= 0.3 is 0 Å². The van der Waals surface area contributed by atoms with Crippen LogP contribution < -0.4 is 15.8 Å². The average Bonchev–Trinajstić information content (AvgIpc) is 2.44. The molecule has 1 amide bonds. The molecule has 0 saturated heterocycles. The van der Waals surface area contributed by atoms with E-state index in [1.807, 2.05) is 13.8 Å². The number of carbonyl (C=O) groups is 1. The number of anilines is 2. The van der Waals surface area contributed by atoms with Crippen molar-refractivity contribution in [1.82, 2.24) is 4.98 Å². The van der Waals surface area contributed by atoms with Crippen molar-refractivity contribution >= 4 is 17.3 Å². The number of nitrogen functional groups attached to an aromatic ring is 1. The van der Waals surface area contributed by atoms with Gasteiger partial charge in [0.15, 0.2) is 0 Å². The third-order valence-corrected chi connectivity index (χ3v) is 2.92. The number of hydrogen-bond donors (Lipinski definition) is 2. The van der Waals surface area contributed by atoms with E-state index < -0.39 is 0 Å². The summed E-state index contributed by atoms with van der Waals surface area (Å²) in [5, 5.41) is 2.80. The van der Waals surface area contributed by atoms with Crippen molar-refractivity contribution in [2.24, 2.45) is 0 Å². The van der Waals surface area contributed by atoms with Crippen LogP contribution in [0.5, 0.6) is 5.88 Å². The first-order valence-corrected chi connectivity index (χ1v) is 6.37. The minimum atomic E-state index is -0.233. The molecule has 0 aliphatic rings. The summed E-state index contributed by atoms with van der Waals surface area (Å²) in [6.07, 6.45) is 1.62. The maximum Gasteiger partial charge on any atom is 0.256 e. The van der Waals surface area contributed by atoms with Crippen LogP contribution in [0.15, 0.2) is 36.5 Å². The lowest BCUT2D eigenvalue weighted by Gasteiger charge is -2.12. The molecule has 0 aliphatic carbocycles. The van der Waals surface area contributed by atoms with Crippen LogP contribution in [0.25, 0.3) is 0 Å². The van der Waals surface area contributed by atoms with Crippen molar-refractivity contribution in [1.29, 1.82) is 0 Å². The molecule has 0 radical (unpaired) electrons. The summed E-state index contributed by atoms with van der Waals surface area (Å²) in [5.74, 6) is 0.175. The van der Waals surface area contributed by atoms with Crippen LogP contribution in [-0.4, -0.2) is 17.5 Å². The van der Waals surface area contributed by atoms with E-state index in [0.717, 1.165) is 5.56 Å². The normalized spacial score (nSPS) is 10.1. The second kappa shape index (κ2) is 6.06. The lowest BCUT2D eigenvalue weighted by Crippen LogP contribution is -2.15. The minimum Gasteiger partial charge on any atom is -0.476 e. The molecule has 0 saturated carbocycles. The van der Waals surface area contributed by atoms with Gasteiger partial charge < -0.3 is 15.8 Å². The smallest absolute Gasteiger partial charge is 0.256 e. The first kappa shape index (κ1) is 13.9. The molecule has 1 aromatic carbocycles. The fraction of sp³-hybridized carbons (Fsp3) is 0.200. The minimum absolute atomic E-state index is 0.233. The zero-order valence-corrected chi connectivity index (χ0v) is 11.5. The fourth-order valence-electron chi connectivity index (χ4n) is 1.83. The summed E-state index contributed by atoms with van der Waals surface area (Å²) in [7, 11) is 0. The monoisotopic (exact) mass is 271 g/mol. The summed E-state index contributed by atoms with van der Waals surface area (Å²) in [6, 6.07) is 8.74. The largest absolute Gasteiger partial charge is 0.476 e. The Morgan fingerprint density at radius 2 is 2.15 bits per heavy atom. The van der Waals surface area contributed by atoms with Crippen LogP contribution >= 0.6 is 0 Å². The fourth-order valence-corrected chi connectivity index (χ4v) is 1.83.